The number of nitrogens with one attached hydrogen (secondary N) is 1. The molecule has 5 atom stereocenters. The van der Waals surface area contributed by atoms with Crippen LogP contribution in [0.4, 0.5) is 0 Å². The Morgan fingerprint density at radius 3 is 2.56 bits per heavy atom. The summed E-state index contributed by atoms with van der Waals surface area (Å²) in [6, 6.07) is 2.42. The molecule has 2 fully saturated rings. The Balaban J connectivity index is 1.97. The van der Waals surface area contributed by atoms with Crippen molar-refractivity contribution in [1.29, 1.82) is 0 Å². The van der Waals surface area contributed by atoms with Gasteiger partial charge in [0.2, 0.25) is 0 Å². The molecule has 0 aromatic heterocycles. The highest BCUT2D eigenvalue weighted by atomic mass is 15.2. The van der Waals surface area contributed by atoms with Crippen LogP contribution in [0.5, 0.6) is 0 Å². The first kappa shape index (κ1) is 14.3. The summed E-state index contributed by atoms with van der Waals surface area (Å²) in [7, 11) is 2.15. The van der Waals surface area contributed by atoms with E-state index >= 15 is 0 Å². The van der Waals surface area contributed by atoms with Crippen LogP contribution >= 0.6 is 0 Å². The smallest absolute Gasteiger partial charge is 0.0105 e. The van der Waals surface area contributed by atoms with E-state index in [0.717, 1.165) is 30.0 Å². The molecule has 1 aliphatic heterocycles. The third-order valence-electron chi connectivity index (χ3n) is 5.48. The first-order chi connectivity index (χ1) is 8.65. The van der Waals surface area contributed by atoms with Gasteiger partial charge in [-0.25, -0.2) is 0 Å². The lowest BCUT2D eigenvalue weighted by atomic mass is 9.78. The SMILES string of the molecule is CCC1CCC(C)N1CC1CC(C)CCC1NC. The summed E-state index contributed by atoms with van der Waals surface area (Å²) in [6.45, 7) is 8.55. The summed E-state index contributed by atoms with van der Waals surface area (Å²) >= 11 is 0. The fourth-order valence-electron chi connectivity index (χ4n) is 4.24. The number of rotatable bonds is 4. The second-order valence-corrected chi connectivity index (χ2v) is 6.76. The van der Waals surface area contributed by atoms with Crippen molar-refractivity contribution in [1.82, 2.24) is 10.2 Å². The quantitative estimate of drug-likeness (QED) is 0.826. The Morgan fingerprint density at radius 1 is 1.11 bits per heavy atom. The van der Waals surface area contributed by atoms with Crippen LogP contribution in [0.15, 0.2) is 0 Å². The molecule has 2 heteroatoms. The van der Waals surface area contributed by atoms with Crippen molar-refractivity contribution in [3.63, 3.8) is 0 Å². The molecule has 0 radical (unpaired) electrons. The molecule has 1 saturated heterocycles. The lowest BCUT2D eigenvalue weighted by Crippen LogP contribution is -2.47. The topological polar surface area (TPSA) is 15.3 Å². The molecular formula is C16H32N2. The van der Waals surface area contributed by atoms with E-state index in [0.29, 0.717) is 0 Å². The summed E-state index contributed by atoms with van der Waals surface area (Å²) in [6.07, 6.45) is 8.37. The molecule has 1 heterocycles. The van der Waals surface area contributed by atoms with Crippen LogP contribution in [-0.2, 0) is 0 Å². The zero-order valence-corrected chi connectivity index (χ0v) is 12.8. The van der Waals surface area contributed by atoms with Crippen molar-refractivity contribution in [3.8, 4) is 0 Å². The third-order valence-corrected chi connectivity index (χ3v) is 5.48. The van der Waals surface area contributed by atoms with Gasteiger partial charge in [-0.3, -0.25) is 4.90 Å². The summed E-state index contributed by atoms with van der Waals surface area (Å²) < 4.78 is 0. The van der Waals surface area contributed by atoms with Crippen molar-refractivity contribution >= 4 is 0 Å². The molecule has 1 aliphatic carbocycles. The molecule has 2 rings (SSSR count). The van der Waals surface area contributed by atoms with Gasteiger partial charge >= 0.3 is 0 Å². The second kappa shape index (κ2) is 6.38. The van der Waals surface area contributed by atoms with Gasteiger partial charge in [-0.15, -0.1) is 0 Å². The molecule has 0 amide bonds. The maximum absolute atomic E-state index is 3.57. The Morgan fingerprint density at radius 2 is 1.89 bits per heavy atom. The maximum Gasteiger partial charge on any atom is 0.0105 e. The van der Waals surface area contributed by atoms with Gasteiger partial charge in [-0.05, 0) is 64.3 Å². The van der Waals surface area contributed by atoms with E-state index in [1.165, 1.54) is 45.1 Å². The molecule has 1 saturated carbocycles. The molecular weight excluding hydrogens is 220 g/mol. The van der Waals surface area contributed by atoms with Gasteiger partial charge in [0.1, 0.15) is 0 Å². The average molecular weight is 252 g/mol. The summed E-state index contributed by atoms with van der Waals surface area (Å²) in [5.74, 6) is 1.80. The van der Waals surface area contributed by atoms with Crippen LogP contribution in [0.2, 0.25) is 0 Å². The van der Waals surface area contributed by atoms with Gasteiger partial charge in [0.05, 0.1) is 0 Å². The van der Waals surface area contributed by atoms with Crippen LogP contribution < -0.4 is 5.32 Å². The number of hydrogen-bond donors (Lipinski definition) is 1. The molecule has 1 N–H and O–H groups in total. The largest absolute Gasteiger partial charge is 0.317 e. The normalized spacial score (nSPS) is 42.3. The summed E-state index contributed by atoms with van der Waals surface area (Å²) in [5, 5.41) is 3.57. The minimum absolute atomic E-state index is 0.756. The molecule has 106 valence electrons. The molecule has 5 unspecified atom stereocenters. The summed E-state index contributed by atoms with van der Waals surface area (Å²) in [4.78, 5) is 2.81. The molecule has 0 spiro atoms. The van der Waals surface area contributed by atoms with E-state index < -0.39 is 0 Å². The zero-order valence-electron chi connectivity index (χ0n) is 12.8. The van der Waals surface area contributed by atoms with Crippen molar-refractivity contribution in [3.05, 3.63) is 0 Å². The van der Waals surface area contributed by atoms with E-state index in [2.05, 4.69) is 38.0 Å². The van der Waals surface area contributed by atoms with Crippen LogP contribution in [0.25, 0.3) is 0 Å². The maximum atomic E-state index is 3.57. The average Bonchev–Trinajstić information content (AvgIpc) is 2.71. The number of hydrogen-bond acceptors (Lipinski definition) is 2. The van der Waals surface area contributed by atoms with Crippen LogP contribution in [0.3, 0.4) is 0 Å². The van der Waals surface area contributed by atoms with E-state index in [-0.39, 0.29) is 0 Å². The molecule has 2 aliphatic rings. The van der Waals surface area contributed by atoms with Gasteiger partial charge in [-0.2, -0.15) is 0 Å². The third kappa shape index (κ3) is 3.08. The molecule has 0 aromatic carbocycles. The van der Waals surface area contributed by atoms with Gasteiger partial charge in [-0.1, -0.05) is 13.8 Å². The fourth-order valence-corrected chi connectivity index (χ4v) is 4.24. The van der Waals surface area contributed by atoms with Gasteiger partial charge in [0, 0.05) is 24.7 Å². The molecule has 18 heavy (non-hydrogen) atoms. The van der Waals surface area contributed by atoms with E-state index in [9.17, 15) is 0 Å². The minimum Gasteiger partial charge on any atom is -0.317 e. The lowest BCUT2D eigenvalue weighted by Gasteiger charge is -2.39. The van der Waals surface area contributed by atoms with Crippen LogP contribution in [0.1, 0.15) is 59.3 Å². The van der Waals surface area contributed by atoms with Crippen molar-refractivity contribution < 1.29 is 0 Å². The number of nitrogens with zero attached hydrogens (tertiary/aromatic N) is 1. The van der Waals surface area contributed by atoms with Crippen LogP contribution in [-0.4, -0.2) is 36.6 Å². The predicted molar refractivity (Wildman–Crippen MR) is 78.8 cm³/mol. The summed E-state index contributed by atoms with van der Waals surface area (Å²) in [5.41, 5.74) is 0. The Bertz CT molecular complexity index is 253. The monoisotopic (exact) mass is 252 g/mol. The van der Waals surface area contributed by atoms with E-state index in [1.807, 2.05) is 0 Å². The fraction of sp³-hybridized carbons (Fsp3) is 1.00. The number of likely N-dealkylation sites (tertiary alicyclic amines) is 1. The standard InChI is InChI=1S/C16H32N2/c1-5-15-8-7-13(3)18(15)11-14-10-12(2)6-9-16(14)17-4/h12-17H,5-11H2,1-4H3. The van der Waals surface area contributed by atoms with Crippen LogP contribution in [0, 0.1) is 11.8 Å². The predicted octanol–water partition coefficient (Wildman–Crippen LogP) is 3.27. The van der Waals surface area contributed by atoms with Crippen molar-refractivity contribution in [2.24, 2.45) is 11.8 Å². The van der Waals surface area contributed by atoms with Gasteiger partial charge in [0.25, 0.3) is 0 Å². The van der Waals surface area contributed by atoms with E-state index in [4.69, 9.17) is 0 Å². The molecule has 2 nitrogen and oxygen atoms in total. The highest BCUT2D eigenvalue weighted by Gasteiger charge is 2.35. The Labute approximate surface area is 114 Å². The Kier molecular flexibility index (Phi) is 5.08. The first-order valence-electron chi connectivity index (χ1n) is 8.08. The van der Waals surface area contributed by atoms with Crippen molar-refractivity contribution in [2.75, 3.05) is 13.6 Å². The van der Waals surface area contributed by atoms with Crippen molar-refractivity contribution in [2.45, 2.75) is 77.4 Å². The minimum atomic E-state index is 0.756. The zero-order chi connectivity index (χ0) is 13.1. The molecule has 0 bridgehead atoms. The Hall–Kier alpha value is -0.0800. The van der Waals surface area contributed by atoms with Gasteiger partial charge in [0.15, 0.2) is 0 Å². The second-order valence-electron chi connectivity index (χ2n) is 6.76. The molecule has 0 aromatic rings. The highest BCUT2D eigenvalue weighted by Crippen LogP contribution is 2.33. The highest BCUT2D eigenvalue weighted by molar-refractivity contribution is 4.90. The van der Waals surface area contributed by atoms with E-state index in [1.54, 1.807) is 0 Å². The lowest BCUT2D eigenvalue weighted by molar-refractivity contribution is 0.115. The first-order valence-corrected chi connectivity index (χ1v) is 8.08. The van der Waals surface area contributed by atoms with Gasteiger partial charge < -0.3 is 5.32 Å².